The summed E-state index contributed by atoms with van der Waals surface area (Å²) in [4.78, 5) is 11.8. The Morgan fingerprint density at radius 3 is 2.71 bits per heavy atom. The standard InChI is InChI=1S/C11H13N5O/c1-7-4-5-9(11(17)12-3)10(8(7)2)16-6-13-14-15-16/h4-6H,1-3H3,(H,12,17). The molecule has 2 rings (SSSR count). The van der Waals surface area contributed by atoms with Gasteiger partial charge in [-0.2, -0.15) is 4.68 Å². The number of aryl methyl sites for hydroxylation is 1. The predicted molar refractivity (Wildman–Crippen MR) is 62.0 cm³/mol. The van der Waals surface area contributed by atoms with Crippen LogP contribution >= 0.6 is 0 Å². The van der Waals surface area contributed by atoms with E-state index in [1.54, 1.807) is 13.1 Å². The van der Waals surface area contributed by atoms with Gasteiger partial charge in [-0.3, -0.25) is 4.79 Å². The van der Waals surface area contributed by atoms with Gasteiger partial charge < -0.3 is 5.32 Å². The van der Waals surface area contributed by atoms with Gasteiger partial charge in [-0.1, -0.05) is 6.07 Å². The van der Waals surface area contributed by atoms with Crippen LogP contribution in [0.2, 0.25) is 0 Å². The molecular weight excluding hydrogens is 218 g/mol. The summed E-state index contributed by atoms with van der Waals surface area (Å²) in [5.41, 5.74) is 3.35. The van der Waals surface area contributed by atoms with Crippen molar-refractivity contribution in [2.75, 3.05) is 7.05 Å². The third kappa shape index (κ3) is 1.89. The van der Waals surface area contributed by atoms with Crippen molar-refractivity contribution >= 4 is 5.91 Å². The van der Waals surface area contributed by atoms with E-state index in [9.17, 15) is 4.79 Å². The molecule has 2 aromatic rings. The number of hydrogen-bond acceptors (Lipinski definition) is 4. The SMILES string of the molecule is CNC(=O)c1ccc(C)c(C)c1-n1cnnn1. The molecule has 17 heavy (non-hydrogen) atoms. The second kappa shape index (κ2) is 4.32. The highest BCUT2D eigenvalue weighted by Gasteiger charge is 2.16. The minimum atomic E-state index is -0.154. The lowest BCUT2D eigenvalue weighted by molar-refractivity contribution is 0.0963. The molecule has 0 fully saturated rings. The van der Waals surface area contributed by atoms with Crippen molar-refractivity contribution in [3.05, 3.63) is 35.2 Å². The van der Waals surface area contributed by atoms with Crippen LogP contribution in [0, 0.1) is 13.8 Å². The maximum atomic E-state index is 11.8. The molecule has 0 aliphatic carbocycles. The van der Waals surface area contributed by atoms with E-state index in [-0.39, 0.29) is 5.91 Å². The summed E-state index contributed by atoms with van der Waals surface area (Å²) in [7, 11) is 1.60. The molecule has 0 bridgehead atoms. The molecule has 1 amide bonds. The van der Waals surface area contributed by atoms with Gasteiger partial charge in [0.2, 0.25) is 0 Å². The average Bonchev–Trinajstić information content (AvgIpc) is 2.84. The van der Waals surface area contributed by atoms with Gasteiger partial charge in [0.15, 0.2) is 0 Å². The van der Waals surface area contributed by atoms with Crippen LogP contribution in [0.1, 0.15) is 21.5 Å². The van der Waals surface area contributed by atoms with Gasteiger partial charge in [0.25, 0.3) is 5.91 Å². The van der Waals surface area contributed by atoms with Crippen molar-refractivity contribution in [1.82, 2.24) is 25.5 Å². The molecule has 1 aromatic carbocycles. The second-order valence-corrected chi connectivity index (χ2v) is 3.74. The zero-order chi connectivity index (χ0) is 12.4. The number of amides is 1. The lowest BCUT2D eigenvalue weighted by Crippen LogP contribution is -2.21. The highest BCUT2D eigenvalue weighted by molar-refractivity contribution is 5.98. The zero-order valence-corrected chi connectivity index (χ0v) is 9.93. The number of nitrogens with one attached hydrogen (secondary N) is 1. The summed E-state index contributed by atoms with van der Waals surface area (Å²) in [6, 6.07) is 3.69. The number of hydrogen-bond donors (Lipinski definition) is 1. The van der Waals surface area contributed by atoms with Crippen LogP contribution in [0.3, 0.4) is 0 Å². The Balaban J connectivity index is 2.69. The number of tetrazole rings is 1. The van der Waals surface area contributed by atoms with Crippen LogP contribution in [0.5, 0.6) is 0 Å². The topological polar surface area (TPSA) is 72.7 Å². The normalized spacial score (nSPS) is 10.3. The summed E-state index contributed by atoms with van der Waals surface area (Å²) in [6.45, 7) is 3.93. The molecule has 0 unspecified atom stereocenters. The maximum absolute atomic E-state index is 11.8. The van der Waals surface area contributed by atoms with Crippen LogP contribution < -0.4 is 5.32 Å². The van der Waals surface area contributed by atoms with E-state index in [1.165, 1.54) is 11.0 Å². The van der Waals surface area contributed by atoms with Crippen molar-refractivity contribution in [2.24, 2.45) is 0 Å². The number of carbonyl (C=O) groups excluding carboxylic acids is 1. The van der Waals surface area contributed by atoms with Crippen LogP contribution in [0.4, 0.5) is 0 Å². The summed E-state index contributed by atoms with van der Waals surface area (Å²) in [5, 5.41) is 13.6. The summed E-state index contributed by atoms with van der Waals surface area (Å²) in [5.74, 6) is -0.154. The maximum Gasteiger partial charge on any atom is 0.253 e. The zero-order valence-electron chi connectivity index (χ0n) is 9.93. The molecule has 1 N–H and O–H groups in total. The molecule has 1 heterocycles. The fourth-order valence-electron chi connectivity index (χ4n) is 1.68. The van der Waals surface area contributed by atoms with E-state index in [4.69, 9.17) is 0 Å². The predicted octanol–water partition coefficient (Wildman–Crippen LogP) is 0.639. The van der Waals surface area contributed by atoms with Crippen molar-refractivity contribution < 1.29 is 4.79 Å². The van der Waals surface area contributed by atoms with E-state index in [0.29, 0.717) is 11.3 Å². The highest BCUT2D eigenvalue weighted by Crippen LogP contribution is 2.21. The Morgan fingerprint density at radius 2 is 2.12 bits per heavy atom. The second-order valence-electron chi connectivity index (χ2n) is 3.74. The lowest BCUT2D eigenvalue weighted by Gasteiger charge is -2.12. The number of benzene rings is 1. The van der Waals surface area contributed by atoms with E-state index in [2.05, 4.69) is 20.8 Å². The molecule has 0 aliphatic rings. The Labute approximate surface area is 98.6 Å². The van der Waals surface area contributed by atoms with Crippen molar-refractivity contribution in [3.8, 4) is 5.69 Å². The third-order valence-corrected chi connectivity index (χ3v) is 2.75. The molecule has 0 atom stereocenters. The molecule has 0 spiro atoms. The highest BCUT2D eigenvalue weighted by atomic mass is 16.1. The Morgan fingerprint density at radius 1 is 1.35 bits per heavy atom. The average molecular weight is 231 g/mol. The molecule has 6 nitrogen and oxygen atoms in total. The molecule has 0 saturated heterocycles. The van der Waals surface area contributed by atoms with Gasteiger partial charge in [0.1, 0.15) is 6.33 Å². The first-order valence-corrected chi connectivity index (χ1v) is 5.20. The van der Waals surface area contributed by atoms with Crippen molar-refractivity contribution in [2.45, 2.75) is 13.8 Å². The van der Waals surface area contributed by atoms with E-state index in [0.717, 1.165) is 11.1 Å². The Bertz CT molecular complexity index is 547. The molecular formula is C11H13N5O. The molecule has 6 heteroatoms. The molecule has 0 aliphatic heterocycles. The fraction of sp³-hybridized carbons (Fsp3) is 0.273. The number of aromatic nitrogens is 4. The Kier molecular flexibility index (Phi) is 2.86. The van der Waals surface area contributed by atoms with Gasteiger partial charge in [-0.15, -0.1) is 5.10 Å². The van der Waals surface area contributed by atoms with Gasteiger partial charge in [-0.05, 0) is 41.5 Å². The minimum Gasteiger partial charge on any atom is -0.355 e. The molecule has 0 radical (unpaired) electrons. The first-order chi connectivity index (χ1) is 8.15. The summed E-state index contributed by atoms with van der Waals surface area (Å²) < 4.78 is 1.51. The molecule has 0 saturated carbocycles. The minimum absolute atomic E-state index is 0.154. The van der Waals surface area contributed by atoms with Crippen molar-refractivity contribution in [1.29, 1.82) is 0 Å². The van der Waals surface area contributed by atoms with E-state index < -0.39 is 0 Å². The van der Waals surface area contributed by atoms with E-state index >= 15 is 0 Å². The van der Waals surface area contributed by atoms with Gasteiger partial charge >= 0.3 is 0 Å². The quantitative estimate of drug-likeness (QED) is 0.823. The Hall–Kier alpha value is -2.24. The lowest BCUT2D eigenvalue weighted by atomic mass is 10.0. The number of carbonyl (C=O) groups is 1. The van der Waals surface area contributed by atoms with Crippen LogP contribution in [0.25, 0.3) is 5.69 Å². The van der Waals surface area contributed by atoms with E-state index in [1.807, 2.05) is 19.9 Å². The first-order valence-electron chi connectivity index (χ1n) is 5.20. The fourth-order valence-corrected chi connectivity index (χ4v) is 1.68. The first kappa shape index (κ1) is 11.3. The summed E-state index contributed by atoms with van der Waals surface area (Å²) >= 11 is 0. The number of nitrogens with zero attached hydrogens (tertiary/aromatic N) is 4. The van der Waals surface area contributed by atoms with Crippen molar-refractivity contribution in [3.63, 3.8) is 0 Å². The molecule has 1 aromatic heterocycles. The number of rotatable bonds is 2. The van der Waals surface area contributed by atoms with Crippen LogP contribution in [-0.2, 0) is 0 Å². The largest absolute Gasteiger partial charge is 0.355 e. The monoisotopic (exact) mass is 231 g/mol. The van der Waals surface area contributed by atoms with Gasteiger partial charge in [-0.25, -0.2) is 0 Å². The van der Waals surface area contributed by atoms with Gasteiger partial charge in [0.05, 0.1) is 11.3 Å². The van der Waals surface area contributed by atoms with Crippen LogP contribution in [0.15, 0.2) is 18.5 Å². The smallest absolute Gasteiger partial charge is 0.253 e. The molecule has 88 valence electrons. The third-order valence-electron chi connectivity index (χ3n) is 2.75. The summed E-state index contributed by atoms with van der Waals surface area (Å²) in [6.07, 6.45) is 1.48. The van der Waals surface area contributed by atoms with Gasteiger partial charge in [0, 0.05) is 7.05 Å². The van der Waals surface area contributed by atoms with Crippen LogP contribution in [-0.4, -0.2) is 33.2 Å².